The molecule has 0 atom stereocenters. The molecule has 1 aliphatic rings. The molecule has 0 bridgehead atoms. The second-order valence-corrected chi connectivity index (χ2v) is 4.53. The molecule has 0 unspecified atom stereocenters. The van der Waals surface area contributed by atoms with Gasteiger partial charge < -0.3 is 5.32 Å². The molecule has 1 aliphatic carbocycles. The maximum absolute atomic E-state index is 10.9. The fourth-order valence-corrected chi connectivity index (χ4v) is 1.80. The van der Waals surface area contributed by atoms with Crippen LogP contribution in [0.1, 0.15) is 26.7 Å². The van der Waals surface area contributed by atoms with Gasteiger partial charge >= 0.3 is 0 Å². The molecule has 11 heavy (non-hydrogen) atoms. The van der Waals surface area contributed by atoms with E-state index >= 15 is 0 Å². The van der Waals surface area contributed by atoms with Crippen molar-refractivity contribution in [2.45, 2.75) is 32.7 Å². The molecule has 64 valence electrons. The summed E-state index contributed by atoms with van der Waals surface area (Å²) in [5.41, 5.74) is 0.449. The summed E-state index contributed by atoms with van der Waals surface area (Å²) in [6, 6.07) is 0.426. The minimum absolute atomic E-state index is 0.102. The van der Waals surface area contributed by atoms with E-state index in [9.17, 15) is 4.79 Å². The van der Waals surface area contributed by atoms with Gasteiger partial charge in [0.05, 0.1) is 5.33 Å². The maximum Gasteiger partial charge on any atom is 0.230 e. The third-order valence-corrected chi connectivity index (χ3v) is 2.59. The minimum Gasteiger partial charge on any atom is -0.353 e. The fraction of sp³-hybridized carbons (Fsp3) is 0.875. The van der Waals surface area contributed by atoms with Crippen LogP contribution in [0.3, 0.4) is 0 Å². The first kappa shape index (κ1) is 9.04. The smallest absolute Gasteiger partial charge is 0.230 e. The van der Waals surface area contributed by atoms with Gasteiger partial charge in [-0.25, -0.2) is 0 Å². The number of carbonyl (C=O) groups is 1. The highest BCUT2D eigenvalue weighted by molar-refractivity contribution is 9.09. The van der Waals surface area contributed by atoms with Gasteiger partial charge in [-0.05, 0) is 18.3 Å². The van der Waals surface area contributed by atoms with Gasteiger partial charge in [0.15, 0.2) is 0 Å². The zero-order chi connectivity index (χ0) is 8.48. The van der Waals surface area contributed by atoms with Crippen LogP contribution >= 0.6 is 15.9 Å². The van der Waals surface area contributed by atoms with Gasteiger partial charge in [-0.15, -0.1) is 0 Å². The van der Waals surface area contributed by atoms with Gasteiger partial charge in [0.1, 0.15) is 0 Å². The van der Waals surface area contributed by atoms with Crippen LogP contribution in [0.4, 0.5) is 0 Å². The molecule has 0 radical (unpaired) electrons. The van der Waals surface area contributed by atoms with Crippen LogP contribution in [0.2, 0.25) is 0 Å². The largest absolute Gasteiger partial charge is 0.353 e. The quantitative estimate of drug-likeness (QED) is 0.705. The molecule has 1 N–H and O–H groups in total. The molecule has 1 rings (SSSR count). The molecule has 2 nitrogen and oxygen atoms in total. The normalized spacial score (nSPS) is 22.5. The van der Waals surface area contributed by atoms with Crippen molar-refractivity contribution < 1.29 is 4.79 Å². The van der Waals surface area contributed by atoms with Crippen molar-refractivity contribution in [3.8, 4) is 0 Å². The highest BCUT2D eigenvalue weighted by atomic mass is 79.9. The summed E-state index contributed by atoms with van der Waals surface area (Å²) < 4.78 is 0. The Morgan fingerprint density at radius 1 is 1.64 bits per heavy atom. The summed E-state index contributed by atoms with van der Waals surface area (Å²) in [5.74, 6) is 0.102. The lowest BCUT2D eigenvalue weighted by Gasteiger charge is -2.42. The number of nitrogens with one attached hydrogen (secondary N) is 1. The number of rotatable bonds is 2. The van der Waals surface area contributed by atoms with Crippen LogP contribution in [-0.4, -0.2) is 17.3 Å². The van der Waals surface area contributed by atoms with E-state index in [-0.39, 0.29) is 5.91 Å². The van der Waals surface area contributed by atoms with E-state index in [0.717, 1.165) is 12.8 Å². The van der Waals surface area contributed by atoms with E-state index in [4.69, 9.17) is 0 Å². The average molecular weight is 220 g/mol. The summed E-state index contributed by atoms with van der Waals surface area (Å²) in [6.45, 7) is 4.45. The second-order valence-electron chi connectivity index (χ2n) is 3.97. The van der Waals surface area contributed by atoms with Gasteiger partial charge in [0.2, 0.25) is 5.91 Å². The number of halogens is 1. The highest BCUT2D eigenvalue weighted by Gasteiger charge is 2.36. The Hall–Kier alpha value is -0.0500. The number of hydrogen-bond acceptors (Lipinski definition) is 1. The molecule has 1 saturated carbocycles. The Morgan fingerprint density at radius 3 is 2.55 bits per heavy atom. The zero-order valence-corrected chi connectivity index (χ0v) is 8.57. The number of hydrogen-bond donors (Lipinski definition) is 1. The van der Waals surface area contributed by atoms with Crippen LogP contribution in [0.5, 0.6) is 0 Å². The third kappa shape index (κ3) is 2.47. The van der Waals surface area contributed by atoms with Crippen LogP contribution in [0.25, 0.3) is 0 Å². The van der Waals surface area contributed by atoms with Crippen LogP contribution in [-0.2, 0) is 4.79 Å². The molecule has 0 spiro atoms. The lowest BCUT2D eigenvalue weighted by Crippen LogP contribution is -2.48. The van der Waals surface area contributed by atoms with E-state index in [1.807, 2.05) is 0 Å². The zero-order valence-electron chi connectivity index (χ0n) is 6.98. The van der Waals surface area contributed by atoms with Crippen molar-refractivity contribution >= 4 is 21.8 Å². The maximum atomic E-state index is 10.9. The monoisotopic (exact) mass is 219 g/mol. The number of amides is 1. The topological polar surface area (TPSA) is 29.1 Å². The van der Waals surface area contributed by atoms with Crippen molar-refractivity contribution in [3.63, 3.8) is 0 Å². The van der Waals surface area contributed by atoms with Gasteiger partial charge in [-0.2, -0.15) is 0 Å². The van der Waals surface area contributed by atoms with Gasteiger partial charge in [0, 0.05) is 6.04 Å². The van der Waals surface area contributed by atoms with Gasteiger partial charge in [-0.1, -0.05) is 29.8 Å². The van der Waals surface area contributed by atoms with Crippen LogP contribution < -0.4 is 5.32 Å². The standard InChI is InChI=1S/C8H14BrNO/c1-8(2)3-6(4-8)10-7(11)5-9/h6H,3-5H2,1-2H3,(H,10,11). The van der Waals surface area contributed by atoms with Crippen molar-refractivity contribution in [3.05, 3.63) is 0 Å². The summed E-state index contributed by atoms with van der Waals surface area (Å²) in [6.07, 6.45) is 2.23. The average Bonchev–Trinajstić information content (AvgIpc) is 1.83. The van der Waals surface area contributed by atoms with Gasteiger partial charge in [-0.3, -0.25) is 4.79 Å². The predicted octanol–water partition coefficient (Wildman–Crippen LogP) is 1.69. The predicted molar refractivity (Wildman–Crippen MR) is 48.7 cm³/mol. The second kappa shape index (κ2) is 3.13. The van der Waals surface area contributed by atoms with E-state index in [1.54, 1.807) is 0 Å². The first-order valence-electron chi connectivity index (χ1n) is 3.89. The van der Waals surface area contributed by atoms with Crippen molar-refractivity contribution in [2.24, 2.45) is 5.41 Å². The van der Waals surface area contributed by atoms with E-state index in [1.165, 1.54) is 0 Å². The molecular weight excluding hydrogens is 206 g/mol. The molecule has 0 aromatic carbocycles. The van der Waals surface area contributed by atoms with Crippen molar-refractivity contribution in [1.82, 2.24) is 5.32 Å². The van der Waals surface area contributed by atoms with E-state index in [2.05, 4.69) is 35.1 Å². The van der Waals surface area contributed by atoms with Crippen molar-refractivity contribution in [1.29, 1.82) is 0 Å². The summed E-state index contributed by atoms with van der Waals surface area (Å²) in [7, 11) is 0. The Bertz CT molecular complexity index is 159. The first-order valence-corrected chi connectivity index (χ1v) is 5.01. The molecule has 0 saturated heterocycles. The molecule has 1 amide bonds. The molecule has 0 heterocycles. The van der Waals surface area contributed by atoms with E-state index in [0.29, 0.717) is 16.8 Å². The Balaban J connectivity index is 2.19. The lowest BCUT2D eigenvalue weighted by molar-refractivity contribution is -0.120. The molecular formula is C8H14BrNO. The van der Waals surface area contributed by atoms with Crippen LogP contribution in [0, 0.1) is 5.41 Å². The Morgan fingerprint density at radius 2 is 2.18 bits per heavy atom. The summed E-state index contributed by atoms with van der Waals surface area (Å²) in [5, 5.41) is 3.36. The number of alkyl halides is 1. The Kier molecular flexibility index (Phi) is 2.58. The van der Waals surface area contributed by atoms with Crippen molar-refractivity contribution in [2.75, 3.05) is 5.33 Å². The molecule has 3 heteroatoms. The SMILES string of the molecule is CC1(C)CC(NC(=O)CBr)C1. The fourth-order valence-electron chi connectivity index (χ4n) is 1.64. The lowest BCUT2D eigenvalue weighted by atomic mass is 9.68. The first-order chi connectivity index (χ1) is 5.03. The molecule has 0 aliphatic heterocycles. The third-order valence-electron chi connectivity index (χ3n) is 2.08. The molecule has 0 aromatic heterocycles. The minimum atomic E-state index is 0.102. The van der Waals surface area contributed by atoms with E-state index < -0.39 is 0 Å². The summed E-state index contributed by atoms with van der Waals surface area (Å²) in [4.78, 5) is 10.9. The number of carbonyl (C=O) groups excluding carboxylic acids is 1. The molecule has 0 aromatic rings. The summed E-state index contributed by atoms with van der Waals surface area (Å²) >= 11 is 3.11. The highest BCUT2D eigenvalue weighted by Crippen LogP contribution is 2.39. The Labute approximate surface area is 75.9 Å². The van der Waals surface area contributed by atoms with Gasteiger partial charge in [0.25, 0.3) is 0 Å². The molecule has 1 fully saturated rings. The van der Waals surface area contributed by atoms with Crippen LogP contribution in [0.15, 0.2) is 0 Å².